The zero-order chi connectivity index (χ0) is 20.4. The topological polar surface area (TPSA) is 59.3 Å². The molecule has 4 rings (SSSR count). The van der Waals surface area contributed by atoms with Gasteiger partial charge < -0.3 is 5.32 Å². The number of carbonyl (C=O) groups excluding carboxylic acids is 1. The fourth-order valence-electron chi connectivity index (χ4n) is 3.06. The summed E-state index contributed by atoms with van der Waals surface area (Å²) in [6.07, 6.45) is 6.78. The lowest BCUT2D eigenvalue weighted by atomic mass is 10.1. The van der Waals surface area contributed by atoms with Gasteiger partial charge in [-0.1, -0.05) is 41.4 Å². The van der Waals surface area contributed by atoms with E-state index in [2.05, 4.69) is 22.4 Å². The van der Waals surface area contributed by atoms with E-state index in [9.17, 15) is 4.79 Å². The Hall–Kier alpha value is -3.44. The summed E-state index contributed by atoms with van der Waals surface area (Å²) in [7, 11) is 0. The van der Waals surface area contributed by atoms with Crippen molar-refractivity contribution in [3.8, 4) is 11.3 Å². The Morgan fingerprint density at radius 1 is 1.10 bits per heavy atom. The largest absolute Gasteiger partial charge is 0.320 e. The maximum absolute atomic E-state index is 12.4. The molecule has 1 amide bonds. The van der Waals surface area contributed by atoms with E-state index in [0.717, 1.165) is 28.2 Å². The van der Waals surface area contributed by atoms with Crippen LogP contribution in [0, 0.1) is 13.8 Å². The number of benzene rings is 1. The maximum Gasteiger partial charge on any atom is 0.248 e. The molecule has 6 heteroatoms. The van der Waals surface area contributed by atoms with Gasteiger partial charge in [-0.3, -0.25) is 9.20 Å². The minimum atomic E-state index is -0.295. The van der Waals surface area contributed by atoms with Crippen LogP contribution < -0.4 is 5.32 Å². The number of anilines is 1. The van der Waals surface area contributed by atoms with Gasteiger partial charge in [0, 0.05) is 24.0 Å². The zero-order valence-corrected chi connectivity index (χ0v) is 16.8. The van der Waals surface area contributed by atoms with Crippen molar-refractivity contribution in [1.82, 2.24) is 14.4 Å². The van der Waals surface area contributed by atoms with Crippen molar-refractivity contribution >= 4 is 34.9 Å². The third-order valence-corrected chi connectivity index (χ3v) is 4.85. The molecule has 0 spiro atoms. The van der Waals surface area contributed by atoms with Crippen molar-refractivity contribution < 1.29 is 4.79 Å². The Morgan fingerprint density at radius 2 is 1.90 bits per heavy atom. The Morgan fingerprint density at radius 3 is 2.66 bits per heavy atom. The molecule has 4 aromatic rings. The molecule has 0 aliphatic rings. The Bertz CT molecular complexity index is 1230. The van der Waals surface area contributed by atoms with E-state index in [4.69, 9.17) is 16.6 Å². The van der Waals surface area contributed by atoms with Crippen LogP contribution in [0.1, 0.15) is 16.8 Å². The van der Waals surface area contributed by atoms with Crippen LogP contribution in [0.15, 0.2) is 67.0 Å². The second-order valence-corrected chi connectivity index (χ2v) is 7.17. The van der Waals surface area contributed by atoms with Crippen LogP contribution in [-0.4, -0.2) is 20.3 Å². The average Bonchev–Trinajstić information content (AvgIpc) is 3.06. The molecule has 0 aliphatic carbocycles. The van der Waals surface area contributed by atoms with Crippen LogP contribution in [0.5, 0.6) is 0 Å². The molecule has 144 valence electrons. The number of aromatic nitrogens is 3. The number of amides is 1. The number of nitrogens with zero attached hydrogens (tertiary/aromatic N) is 3. The van der Waals surface area contributed by atoms with Crippen molar-refractivity contribution in [2.45, 2.75) is 13.8 Å². The number of fused-ring (bicyclic) bond motifs is 1. The molecule has 3 heterocycles. The zero-order valence-electron chi connectivity index (χ0n) is 16.1. The number of aryl methyl sites for hydroxylation is 2. The van der Waals surface area contributed by atoms with Crippen LogP contribution in [0.2, 0.25) is 5.15 Å². The summed E-state index contributed by atoms with van der Waals surface area (Å²) in [5.74, 6) is -0.295. The van der Waals surface area contributed by atoms with E-state index in [1.54, 1.807) is 24.4 Å². The van der Waals surface area contributed by atoms with Crippen molar-refractivity contribution in [2.24, 2.45) is 0 Å². The van der Waals surface area contributed by atoms with Crippen molar-refractivity contribution in [3.05, 3.63) is 89.0 Å². The average molecular weight is 403 g/mol. The van der Waals surface area contributed by atoms with Crippen molar-refractivity contribution in [2.75, 3.05) is 5.32 Å². The minimum absolute atomic E-state index is 0.250. The second-order valence-electron chi connectivity index (χ2n) is 6.81. The number of nitrogens with one attached hydrogen (secondary N) is 1. The number of halogens is 1. The third kappa shape index (κ3) is 4.05. The molecule has 0 unspecified atom stereocenters. The number of hydrogen-bond acceptors (Lipinski definition) is 3. The molecule has 0 saturated heterocycles. The third-order valence-electron chi connectivity index (χ3n) is 4.55. The summed E-state index contributed by atoms with van der Waals surface area (Å²) in [6, 6.07) is 15.6. The molecular weight excluding hydrogens is 384 g/mol. The normalized spacial score (nSPS) is 11.3. The fraction of sp³-hybridized carbons (Fsp3) is 0.0870. The molecule has 0 saturated carbocycles. The summed E-state index contributed by atoms with van der Waals surface area (Å²) in [5.41, 5.74) is 6.24. The number of carbonyl (C=O) groups is 1. The SMILES string of the molecule is Cc1ccc(-c2nc3cc(C)ccn3c2/C=C/C(=O)Nc2cccnc2Cl)cc1. The lowest BCUT2D eigenvalue weighted by Crippen LogP contribution is -2.08. The van der Waals surface area contributed by atoms with Gasteiger partial charge in [0.1, 0.15) is 5.65 Å². The number of rotatable bonds is 4. The van der Waals surface area contributed by atoms with Gasteiger partial charge in [0.15, 0.2) is 5.15 Å². The van der Waals surface area contributed by atoms with Gasteiger partial charge in [0.05, 0.1) is 17.1 Å². The number of hydrogen-bond donors (Lipinski definition) is 1. The first-order valence-corrected chi connectivity index (χ1v) is 9.54. The molecule has 1 aromatic carbocycles. The smallest absolute Gasteiger partial charge is 0.248 e. The van der Waals surface area contributed by atoms with Crippen LogP contribution >= 0.6 is 11.6 Å². The number of pyridine rings is 2. The van der Waals surface area contributed by atoms with Gasteiger partial charge in [-0.05, 0) is 49.8 Å². The quantitative estimate of drug-likeness (QED) is 0.371. The Kier molecular flexibility index (Phi) is 5.14. The maximum atomic E-state index is 12.4. The highest BCUT2D eigenvalue weighted by molar-refractivity contribution is 6.32. The highest BCUT2D eigenvalue weighted by Crippen LogP contribution is 2.26. The van der Waals surface area contributed by atoms with E-state index in [1.807, 2.05) is 48.7 Å². The van der Waals surface area contributed by atoms with Crippen molar-refractivity contribution in [3.63, 3.8) is 0 Å². The number of imidazole rings is 1. The van der Waals surface area contributed by atoms with E-state index in [-0.39, 0.29) is 11.1 Å². The first kappa shape index (κ1) is 18.9. The molecule has 3 aromatic heterocycles. The van der Waals surface area contributed by atoms with Crippen LogP contribution in [-0.2, 0) is 4.79 Å². The van der Waals surface area contributed by atoms with Gasteiger partial charge in [-0.25, -0.2) is 9.97 Å². The summed E-state index contributed by atoms with van der Waals surface area (Å²) in [5, 5.41) is 3.00. The van der Waals surface area contributed by atoms with Crippen molar-refractivity contribution in [1.29, 1.82) is 0 Å². The first-order chi connectivity index (χ1) is 14.0. The lowest BCUT2D eigenvalue weighted by molar-refractivity contribution is -0.111. The predicted molar refractivity (Wildman–Crippen MR) is 117 cm³/mol. The molecular formula is C23H19ClN4O. The summed E-state index contributed by atoms with van der Waals surface area (Å²) in [4.78, 5) is 21.2. The minimum Gasteiger partial charge on any atom is -0.320 e. The van der Waals surface area contributed by atoms with Gasteiger partial charge >= 0.3 is 0 Å². The van der Waals surface area contributed by atoms with E-state index in [1.165, 1.54) is 11.6 Å². The van der Waals surface area contributed by atoms with Crippen LogP contribution in [0.25, 0.3) is 23.0 Å². The lowest BCUT2D eigenvalue weighted by Gasteiger charge is -2.04. The van der Waals surface area contributed by atoms with Gasteiger partial charge in [-0.2, -0.15) is 0 Å². The Balaban J connectivity index is 1.72. The van der Waals surface area contributed by atoms with E-state index >= 15 is 0 Å². The van der Waals surface area contributed by atoms with E-state index in [0.29, 0.717) is 5.69 Å². The highest BCUT2D eigenvalue weighted by atomic mass is 35.5. The molecule has 0 atom stereocenters. The van der Waals surface area contributed by atoms with Gasteiger partial charge in [0.25, 0.3) is 0 Å². The molecule has 0 fully saturated rings. The standard InChI is InChI=1S/C23H19ClN4O/c1-15-5-7-17(8-6-15)22-19(28-13-11-16(2)14-20(28)27-22)9-10-21(29)26-18-4-3-12-25-23(18)24/h3-14H,1-2H3,(H,26,29)/b10-9+. The molecule has 0 radical (unpaired) electrons. The summed E-state index contributed by atoms with van der Waals surface area (Å²) >= 11 is 6.01. The summed E-state index contributed by atoms with van der Waals surface area (Å²) in [6.45, 7) is 4.08. The van der Waals surface area contributed by atoms with E-state index < -0.39 is 0 Å². The second kappa shape index (κ2) is 7.89. The fourth-order valence-corrected chi connectivity index (χ4v) is 3.22. The monoisotopic (exact) mass is 402 g/mol. The predicted octanol–water partition coefficient (Wildman–Crippen LogP) is 5.32. The van der Waals surface area contributed by atoms with Crippen LogP contribution in [0.4, 0.5) is 5.69 Å². The first-order valence-electron chi connectivity index (χ1n) is 9.16. The molecule has 0 aliphatic heterocycles. The van der Waals surface area contributed by atoms with Crippen LogP contribution in [0.3, 0.4) is 0 Å². The summed E-state index contributed by atoms with van der Waals surface area (Å²) < 4.78 is 1.98. The highest BCUT2D eigenvalue weighted by Gasteiger charge is 2.13. The van der Waals surface area contributed by atoms with Gasteiger partial charge in [0.2, 0.25) is 5.91 Å². The van der Waals surface area contributed by atoms with Gasteiger partial charge in [-0.15, -0.1) is 0 Å². The Labute approximate surface area is 173 Å². The molecule has 5 nitrogen and oxygen atoms in total. The molecule has 0 bridgehead atoms. The molecule has 1 N–H and O–H groups in total. The molecule has 29 heavy (non-hydrogen) atoms.